The van der Waals surface area contributed by atoms with Crippen LogP contribution in [0.3, 0.4) is 0 Å². The van der Waals surface area contributed by atoms with Crippen molar-refractivity contribution in [1.29, 1.82) is 0 Å². The number of hydrogen-bond donors (Lipinski definition) is 1. The van der Waals surface area contributed by atoms with Crippen LogP contribution < -0.4 is 5.32 Å². The van der Waals surface area contributed by atoms with E-state index in [9.17, 15) is 18.0 Å². The van der Waals surface area contributed by atoms with E-state index in [1.54, 1.807) is 18.2 Å². The van der Waals surface area contributed by atoms with E-state index in [0.29, 0.717) is 55.4 Å². The number of aromatic nitrogens is 1. The standard InChI is InChI=1S/C29H31BrClF3N3O2/c1-39-28(38)25-22-15-20(31)16-24(30)27(22)36-26(18-6-5-7-19(14-18)29(32,33)34)23(25)17-37(12-3-2-4-13-37)21-8-10-35-11-9-21/h5-7,14-16,21,35H,2-4,8-13,17H2,1H3/q+1. The summed E-state index contributed by atoms with van der Waals surface area (Å²) >= 11 is 9.93. The number of rotatable bonds is 5. The molecule has 0 aliphatic carbocycles. The number of quaternary nitrogens is 1. The monoisotopic (exact) mass is 624 g/mol. The molecule has 10 heteroatoms. The summed E-state index contributed by atoms with van der Waals surface area (Å²) in [5, 5.41) is 4.38. The van der Waals surface area contributed by atoms with Gasteiger partial charge in [-0.15, -0.1) is 0 Å². The highest BCUT2D eigenvalue weighted by Gasteiger charge is 2.41. The molecule has 0 atom stereocenters. The number of esters is 1. The molecule has 0 spiro atoms. The number of ether oxygens (including phenoxy) is 1. The number of methoxy groups -OCH3 is 1. The Morgan fingerprint density at radius 2 is 1.87 bits per heavy atom. The Morgan fingerprint density at radius 1 is 1.15 bits per heavy atom. The van der Waals surface area contributed by atoms with Crippen molar-refractivity contribution in [3.05, 3.63) is 62.6 Å². The summed E-state index contributed by atoms with van der Waals surface area (Å²) in [4.78, 5) is 18.4. The van der Waals surface area contributed by atoms with E-state index >= 15 is 0 Å². The highest BCUT2D eigenvalue weighted by molar-refractivity contribution is 9.10. The fourth-order valence-electron chi connectivity index (χ4n) is 6.36. The van der Waals surface area contributed by atoms with Gasteiger partial charge in [-0.3, -0.25) is 0 Å². The minimum atomic E-state index is -4.51. The maximum absolute atomic E-state index is 13.8. The van der Waals surface area contributed by atoms with Crippen LogP contribution in [0, 0.1) is 0 Å². The third-order valence-electron chi connectivity index (χ3n) is 8.22. The van der Waals surface area contributed by atoms with Gasteiger partial charge < -0.3 is 14.5 Å². The van der Waals surface area contributed by atoms with Crippen LogP contribution in [-0.4, -0.2) is 54.8 Å². The first kappa shape index (κ1) is 28.3. The van der Waals surface area contributed by atoms with Crippen molar-refractivity contribution < 1.29 is 27.2 Å². The van der Waals surface area contributed by atoms with E-state index in [4.69, 9.17) is 21.3 Å². The lowest BCUT2D eigenvalue weighted by atomic mass is 9.91. The summed E-state index contributed by atoms with van der Waals surface area (Å²) in [6.45, 7) is 4.23. The minimum Gasteiger partial charge on any atom is -0.465 e. The lowest BCUT2D eigenvalue weighted by Crippen LogP contribution is -2.60. The van der Waals surface area contributed by atoms with E-state index in [2.05, 4.69) is 21.2 Å². The molecule has 0 radical (unpaired) electrons. The van der Waals surface area contributed by atoms with Crippen LogP contribution in [0.2, 0.25) is 5.02 Å². The van der Waals surface area contributed by atoms with E-state index in [-0.39, 0.29) is 0 Å². The number of hydrogen-bond acceptors (Lipinski definition) is 4. The predicted octanol–water partition coefficient (Wildman–Crippen LogP) is 7.38. The van der Waals surface area contributed by atoms with Crippen molar-refractivity contribution in [2.24, 2.45) is 0 Å². The van der Waals surface area contributed by atoms with Gasteiger partial charge in [0.1, 0.15) is 6.54 Å². The summed E-state index contributed by atoms with van der Waals surface area (Å²) in [7, 11) is 1.32. The molecule has 5 rings (SSSR count). The Hall–Kier alpha value is -2.20. The SMILES string of the molecule is COC(=O)c1c(C[N+]2(C3CCNCC3)CCCCC2)c(-c2cccc(C(F)(F)F)c2)nc2c(Br)cc(Cl)cc12. The lowest BCUT2D eigenvalue weighted by molar-refractivity contribution is -0.968. The van der Waals surface area contributed by atoms with Gasteiger partial charge in [0.2, 0.25) is 0 Å². The number of alkyl halides is 3. The van der Waals surface area contributed by atoms with Crippen LogP contribution >= 0.6 is 27.5 Å². The van der Waals surface area contributed by atoms with Crippen LogP contribution in [0.5, 0.6) is 0 Å². The van der Waals surface area contributed by atoms with Crippen molar-refractivity contribution >= 4 is 44.4 Å². The van der Waals surface area contributed by atoms with Crippen LogP contribution in [0.25, 0.3) is 22.2 Å². The molecule has 2 saturated heterocycles. The van der Waals surface area contributed by atoms with Gasteiger partial charge in [0.15, 0.2) is 0 Å². The smallest absolute Gasteiger partial charge is 0.416 e. The van der Waals surface area contributed by atoms with Crippen LogP contribution in [0.15, 0.2) is 40.9 Å². The largest absolute Gasteiger partial charge is 0.465 e. The average Bonchev–Trinajstić information content (AvgIpc) is 2.93. The van der Waals surface area contributed by atoms with Crippen molar-refractivity contribution in [1.82, 2.24) is 10.3 Å². The van der Waals surface area contributed by atoms with Gasteiger partial charge in [-0.1, -0.05) is 23.7 Å². The average molecular weight is 626 g/mol. The number of likely N-dealkylation sites (tertiary alicyclic amines) is 1. The molecule has 2 aliphatic heterocycles. The van der Waals surface area contributed by atoms with E-state index in [0.717, 1.165) is 74.9 Å². The van der Waals surface area contributed by atoms with Gasteiger partial charge in [-0.05, 0) is 59.5 Å². The van der Waals surface area contributed by atoms with Crippen LogP contribution in [0.4, 0.5) is 13.2 Å². The molecule has 2 aliphatic rings. The predicted molar refractivity (Wildman–Crippen MR) is 150 cm³/mol. The maximum Gasteiger partial charge on any atom is 0.416 e. The number of benzene rings is 2. The van der Waals surface area contributed by atoms with Crippen molar-refractivity contribution in [2.75, 3.05) is 33.3 Å². The topological polar surface area (TPSA) is 51.2 Å². The molecule has 0 saturated carbocycles. The molecule has 3 heterocycles. The summed E-state index contributed by atoms with van der Waals surface area (Å²) in [6.07, 6.45) is 0.773. The summed E-state index contributed by atoms with van der Waals surface area (Å²) in [5.74, 6) is -0.555. The third kappa shape index (κ3) is 5.69. The number of fused-ring (bicyclic) bond motifs is 1. The molecule has 3 aromatic rings. The minimum absolute atomic E-state index is 0.314. The normalized spacial score (nSPS) is 18.3. The van der Waals surface area contributed by atoms with Crippen molar-refractivity contribution in [3.63, 3.8) is 0 Å². The fraction of sp³-hybridized carbons (Fsp3) is 0.448. The highest BCUT2D eigenvalue weighted by atomic mass is 79.9. The van der Waals surface area contributed by atoms with Gasteiger partial charge in [0.25, 0.3) is 0 Å². The number of carbonyl (C=O) groups is 1. The van der Waals surface area contributed by atoms with E-state index in [1.807, 2.05) is 0 Å². The van der Waals surface area contributed by atoms with Crippen molar-refractivity contribution in [3.8, 4) is 11.3 Å². The zero-order valence-electron chi connectivity index (χ0n) is 21.7. The van der Waals surface area contributed by atoms with Crippen LogP contribution in [-0.2, 0) is 17.5 Å². The second kappa shape index (κ2) is 11.4. The number of nitrogens with zero attached hydrogens (tertiary/aromatic N) is 2. The molecular formula is C29H31BrClF3N3O2+. The second-order valence-electron chi connectivity index (χ2n) is 10.5. The molecular weight excluding hydrogens is 595 g/mol. The van der Waals surface area contributed by atoms with E-state index in [1.165, 1.54) is 13.2 Å². The first-order chi connectivity index (χ1) is 18.6. The summed E-state index contributed by atoms with van der Waals surface area (Å²) in [5.41, 5.74) is 1.30. The Balaban J connectivity index is 1.81. The second-order valence-corrected chi connectivity index (χ2v) is 11.8. The quantitative estimate of drug-likeness (QED) is 0.238. The van der Waals surface area contributed by atoms with Gasteiger partial charge in [0.05, 0.1) is 48.6 Å². The zero-order valence-corrected chi connectivity index (χ0v) is 24.1. The van der Waals surface area contributed by atoms with Gasteiger partial charge in [-0.25, -0.2) is 9.78 Å². The highest BCUT2D eigenvalue weighted by Crippen LogP contribution is 2.41. The molecule has 0 amide bonds. The molecule has 39 heavy (non-hydrogen) atoms. The number of halogens is 5. The number of piperidine rings is 2. The number of nitrogens with one attached hydrogen (secondary N) is 1. The maximum atomic E-state index is 13.8. The summed E-state index contributed by atoms with van der Waals surface area (Å²) in [6, 6.07) is 8.92. The fourth-order valence-corrected chi connectivity index (χ4v) is 7.26. The Morgan fingerprint density at radius 3 is 2.54 bits per heavy atom. The Kier molecular flexibility index (Phi) is 8.25. The molecule has 2 fully saturated rings. The van der Waals surface area contributed by atoms with Gasteiger partial charge in [-0.2, -0.15) is 13.2 Å². The van der Waals surface area contributed by atoms with Gasteiger partial charge in [0, 0.05) is 51.9 Å². The molecule has 0 bridgehead atoms. The first-order valence-electron chi connectivity index (χ1n) is 13.3. The first-order valence-corrected chi connectivity index (χ1v) is 14.4. The third-order valence-corrected chi connectivity index (χ3v) is 9.05. The van der Waals surface area contributed by atoms with Crippen molar-refractivity contribution in [2.45, 2.75) is 50.9 Å². The van der Waals surface area contributed by atoms with Crippen LogP contribution in [0.1, 0.15) is 53.6 Å². The number of pyridine rings is 1. The van der Waals surface area contributed by atoms with E-state index < -0.39 is 17.7 Å². The Labute approximate surface area is 239 Å². The molecule has 5 nitrogen and oxygen atoms in total. The molecule has 2 aromatic carbocycles. The molecule has 1 aromatic heterocycles. The Bertz CT molecular complexity index is 1390. The molecule has 0 unspecified atom stereocenters. The molecule has 1 N–H and O–H groups in total. The van der Waals surface area contributed by atoms with Gasteiger partial charge >= 0.3 is 12.1 Å². The lowest BCUT2D eigenvalue weighted by Gasteiger charge is -2.49. The molecule has 208 valence electrons. The summed E-state index contributed by atoms with van der Waals surface area (Å²) < 4.78 is 47.9. The number of carbonyl (C=O) groups excluding carboxylic acids is 1. The zero-order chi connectivity index (χ0) is 27.8.